The van der Waals surface area contributed by atoms with Crippen LogP contribution in [0.1, 0.15) is 0 Å². The van der Waals surface area contributed by atoms with Gasteiger partial charge in [-0.3, -0.25) is 29.5 Å². The topological polar surface area (TPSA) is 207 Å². The molecule has 13 nitrogen and oxygen atoms in total. The van der Waals surface area contributed by atoms with Crippen LogP contribution in [0.2, 0.25) is 0 Å². The largest absolute Gasteiger partial charge is 0.348 e. The maximum Gasteiger partial charge on any atom is 0.294 e. The van der Waals surface area contributed by atoms with Gasteiger partial charge in [0, 0.05) is 10.8 Å². The van der Waals surface area contributed by atoms with E-state index in [2.05, 4.69) is 26.0 Å². The molecule has 0 atom stereocenters. The third kappa shape index (κ3) is 5.19. The first kappa shape index (κ1) is 25.9. The Labute approximate surface area is 219 Å². The van der Waals surface area contributed by atoms with Crippen LogP contribution < -0.4 is 32.4 Å². The molecular formula is C24H17N5O8S2. The summed E-state index contributed by atoms with van der Waals surface area (Å²) in [6, 6.07) is 16.4. The second-order valence-corrected chi connectivity index (χ2v) is 11.1. The molecule has 0 saturated carbocycles. The first-order valence-corrected chi connectivity index (χ1v) is 13.8. The van der Waals surface area contributed by atoms with Gasteiger partial charge in [0.15, 0.2) is 0 Å². The van der Waals surface area contributed by atoms with Gasteiger partial charge in [0.1, 0.15) is 10.7 Å². The minimum atomic E-state index is -4.34. The Morgan fingerprint density at radius 1 is 0.564 bits per heavy atom. The zero-order chi connectivity index (χ0) is 27.9. The average Bonchev–Trinajstić information content (AvgIpc) is 3.28. The van der Waals surface area contributed by atoms with Crippen LogP contribution in [-0.4, -0.2) is 30.9 Å². The van der Waals surface area contributed by atoms with Crippen molar-refractivity contribution >= 4 is 53.4 Å². The number of H-pyrrole nitrogens is 1. The van der Waals surface area contributed by atoms with Crippen molar-refractivity contribution in [3.05, 3.63) is 104 Å². The van der Waals surface area contributed by atoms with Crippen LogP contribution in [0.5, 0.6) is 0 Å². The Bertz CT molecular complexity index is 2040. The van der Waals surface area contributed by atoms with E-state index in [0.29, 0.717) is 22.1 Å². The highest BCUT2D eigenvalue weighted by Crippen LogP contribution is 2.19. The van der Waals surface area contributed by atoms with Crippen LogP contribution in [-0.2, 0) is 20.2 Å². The van der Waals surface area contributed by atoms with Crippen LogP contribution in [0, 0.1) is 0 Å². The zero-order valence-electron chi connectivity index (χ0n) is 19.5. The summed E-state index contributed by atoms with van der Waals surface area (Å²) in [6.07, 6.45) is 0. The number of nitrogens with zero attached hydrogens (tertiary/aromatic N) is 2. The molecule has 39 heavy (non-hydrogen) atoms. The highest BCUT2D eigenvalue weighted by Gasteiger charge is 2.13. The fourth-order valence-electron chi connectivity index (χ4n) is 3.79. The number of nitrogens with one attached hydrogen (secondary N) is 3. The van der Waals surface area contributed by atoms with E-state index >= 15 is 0 Å². The third-order valence-corrected chi connectivity index (χ3v) is 7.47. The van der Waals surface area contributed by atoms with Crippen LogP contribution in [0.15, 0.2) is 102 Å². The average molecular weight is 568 g/mol. The normalized spacial score (nSPS) is 13.3. The van der Waals surface area contributed by atoms with E-state index in [0.717, 1.165) is 0 Å². The van der Waals surface area contributed by atoms with E-state index in [-0.39, 0.29) is 31.5 Å². The first-order valence-electron chi connectivity index (χ1n) is 11.0. The predicted octanol–water partition coefficient (Wildman–Crippen LogP) is 1.27. The van der Waals surface area contributed by atoms with E-state index in [1.807, 2.05) is 0 Å². The van der Waals surface area contributed by atoms with Gasteiger partial charge in [-0.1, -0.05) is 0 Å². The van der Waals surface area contributed by atoms with Crippen molar-refractivity contribution in [3.63, 3.8) is 0 Å². The molecule has 0 aliphatic heterocycles. The summed E-state index contributed by atoms with van der Waals surface area (Å²) in [5.41, 5.74) is 5.36. The van der Waals surface area contributed by atoms with Gasteiger partial charge in [0.2, 0.25) is 10.9 Å². The van der Waals surface area contributed by atoms with Crippen LogP contribution in [0.25, 0.3) is 21.8 Å². The predicted molar refractivity (Wildman–Crippen MR) is 142 cm³/mol. The minimum Gasteiger partial charge on any atom is -0.348 e. The molecule has 0 spiro atoms. The van der Waals surface area contributed by atoms with Crippen LogP contribution in [0.3, 0.4) is 0 Å². The Hall–Kier alpha value is -4.70. The van der Waals surface area contributed by atoms with Gasteiger partial charge < -0.3 is 4.98 Å². The number of benzene rings is 4. The van der Waals surface area contributed by atoms with Gasteiger partial charge >= 0.3 is 0 Å². The molecule has 0 unspecified atom stereocenters. The molecule has 198 valence electrons. The maximum atomic E-state index is 13.0. The SMILES string of the molecule is O=c1c(=NNc2ccc(S(=O)(=O)O)cc2)ccc2c1[nH]c1c(=O)c(=NNc3ccc(S(=O)(=O)O)cc3)ccc12. The number of fused-ring (bicyclic) bond motifs is 3. The van der Waals surface area contributed by atoms with Crippen molar-refractivity contribution < 1.29 is 25.9 Å². The molecule has 0 fully saturated rings. The molecule has 0 amide bonds. The van der Waals surface area contributed by atoms with Crippen molar-refractivity contribution in [1.82, 2.24) is 4.98 Å². The molecule has 0 aliphatic rings. The van der Waals surface area contributed by atoms with Crippen molar-refractivity contribution in [2.24, 2.45) is 10.2 Å². The summed E-state index contributed by atoms with van der Waals surface area (Å²) in [5.74, 6) is 0. The van der Waals surface area contributed by atoms with E-state index in [1.165, 1.54) is 60.7 Å². The quantitative estimate of drug-likeness (QED) is 0.147. The molecule has 5 N–H and O–H groups in total. The van der Waals surface area contributed by atoms with E-state index in [1.54, 1.807) is 12.1 Å². The number of rotatable bonds is 6. The van der Waals surface area contributed by atoms with Crippen molar-refractivity contribution in [2.45, 2.75) is 9.79 Å². The summed E-state index contributed by atoms with van der Waals surface area (Å²) in [5, 5.41) is 9.18. The molecule has 1 heterocycles. The number of hydrogen-bond acceptors (Lipinski definition) is 10. The lowest BCUT2D eigenvalue weighted by Crippen LogP contribution is -2.26. The highest BCUT2D eigenvalue weighted by atomic mass is 32.2. The Morgan fingerprint density at radius 2 is 0.923 bits per heavy atom. The van der Waals surface area contributed by atoms with Crippen molar-refractivity contribution in [1.29, 1.82) is 0 Å². The van der Waals surface area contributed by atoms with Crippen LogP contribution >= 0.6 is 0 Å². The number of aromatic amines is 1. The monoisotopic (exact) mass is 567 g/mol. The van der Waals surface area contributed by atoms with Gasteiger partial charge in [0.05, 0.1) is 32.2 Å². The lowest BCUT2D eigenvalue weighted by Gasteiger charge is -2.01. The van der Waals surface area contributed by atoms with Gasteiger partial charge in [0.25, 0.3) is 20.2 Å². The zero-order valence-corrected chi connectivity index (χ0v) is 21.1. The van der Waals surface area contributed by atoms with E-state index in [4.69, 9.17) is 9.11 Å². The lowest BCUT2D eigenvalue weighted by atomic mass is 10.1. The minimum absolute atomic E-state index is 0.0280. The van der Waals surface area contributed by atoms with Gasteiger partial charge in [-0.25, -0.2) is 0 Å². The highest BCUT2D eigenvalue weighted by molar-refractivity contribution is 7.86. The molecule has 5 rings (SSSR count). The summed E-state index contributed by atoms with van der Waals surface area (Å²) >= 11 is 0. The van der Waals surface area contributed by atoms with Crippen LogP contribution in [0.4, 0.5) is 11.4 Å². The molecule has 1 aromatic heterocycles. The second kappa shape index (κ2) is 9.55. The molecule has 0 aliphatic carbocycles. The van der Waals surface area contributed by atoms with E-state index < -0.39 is 31.1 Å². The summed E-state index contributed by atoms with van der Waals surface area (Å²) in [4.78, 5) is 28.3. The lowest BCUT2D eigenvalue weighted by molar-refractivity contribution is 0.481. The second-order valence-electron chi connectivity index (χ2n) is 8.24. The number of anilines is 2. The summed E-state index contributed by atoms with van der Waals surface area (Å²) in [7, 11) is -8.68. The van der Waals surface area contributed by atoms with Crippen molar-refractivity contribution in [3.8, 4) is 0 Å². The Morgan fingerprint density at radius 3 is 1.26 bits per heavy atom. The molecule has 15 heteroatoms. The fourth-order valence-corrected chi connectivity index (χ4v) is 4.75. The summed E-state index contributed by atoms with van der Waals surface area (Å²) < 4.78 is 62.8. The third-order valence-electron chi connectivity index (χ3n) is 5.73. The molecule has 5 aromatic rings. The Balaban J connectivity index is 1.47. The first-order chi connectivity index (χ1) is 18.4. The molecular weight excluding hydrogens is 550 g/mol. The molecule has 0 bridgehead atoms. The molecule has 0 saturated heterocycles. The van der Waals surface area contributed by atoms with E-state index in [9.17, 15) is 26.4 Å². The smallest absolute Gasteiger partial charge is 0.294 e. The standard InChI is InChI=1S/C24H17N5O8S2/c30-23-19(28-26-13-1-5-15(6-2-13)38(32,33)34)11-9-17-18-10-12-20(24(31)22(18)25-21(17)23)29-27-14-3-7-16(8-4-14)39(35,36)37/h1-12,25-27H,(H,32,33,34)(H,35,36,37). The number of aromatic nitrogens is 1. The number of hydrogen-bond donors (Lipinski definition) is 5. The fraction of sp³-hybridized carbons (Fsp3) is 0. The van der Waals surface area contributed by atoms with Gasteiger partial charge in [-0.05, 0) is 72.8 Å². The molecule has 4 aromatic carbocycles. The Kier molecular flexibility index (Phi) is 6.35. The summed E-state index contributed by atoms with van der Waals surface area (Å²) in [6.45, 7) is 0. The molecule has 0 radical (unpaired) electrons. The van der Waals surface area contributed by atoms with Crippen molar-refractivity contribution in [2.75, 3.05) is 10.9 Å². The van der Waals surface area contributed by atoms with Gasteiger partial charge in [-0.15, -0.1) is 0 Å². The van der Waals surface area contributed by atoms with Gasteiger partial charge in [-0.2, -0.15) is 27.0 Å². The maximum absolute atomic E-state index is 13.0.